The van der Waals surface area contributed by atoms with Crippen molar-refractivity contribution in [3.63, 3.8) is 0 Å². The van der Waals surface area contributed by atoms with Gasteiger partial charge in [-0.3, -0.25) is 0 Å². The fourth-order valence-electron chi connectivity index (χ4n) is 0.871. The van der Waals surface area contributed by atoms with E-state index >= 15 is 0 Å². The summed E-state index contributed by atoms with van der Waals surface area (Å²) in [5.74, 6) is -3.49. The molecule has 16 heavy (non-hydrogen) atoms. The van der Waals surface area contributed by atoms with Gasteiger partial charge in [0.2, 0.25) is 11.8 Å². The molecule has 0 aliphatic rings. The molecule has 1 aromatic rings. The second-order valence-electron chi connectivity index (χ2n) is 2.53. The van der Waals surface area contributed by atoms with Crippen LogP contribution < -0.4 is 4.74 Å². The highest BCUT2D eigenvalue weighted by atomic mass is 19.4. The number of ether oxygens (including phenoxy) is 2. The van der Waals surface area contributed by atoms with E-state index in [2.05, 4.69) is 14.5 Å². The number of hydrogen-bond donors (Lipinski definition) is 0. The van der Waals surface area contributed by atoms with Gasteiger partial charge in [0.25, 0.3) is 0 Å². The average molecular weight is 239 g/mol. The Morgan fingerprint density at radius 1 is 1.38 bits per heavy atom. The standard InChI is InChI=1S/C8H5F4NO3/c1-15-7(14)4-2-3-5(9)13-6(4)16-8(10,11)12/h2-3H,1H3. The van der Waals surface area contributed by atoms with Crippen molar-refractivity contribution < 1.29 is 31.8 Å². The van der Waals surface area contributed by atoms with Crippen LogP contribution in [0.25, 0.3) is 0 Å². The van der Waals surface area contributed by atoms with Crippen LogP contribution in [0.15, 0.2) is 12.1 Å². The van der Waals surface area contributed by atoms with E-state index in [0.29, 0.717) is 0 Å². The summed E-state index contributed by atoms with van der Waals surface area (Å²) >= 11 is 0. The zero-order chi connectivity index (χ0) is 12.3. The van der Waals surface area contributed by atoms with Gasteiger partial charge in [-0.2, -0.15) is 9.37 Å². The molecule has 0 aliphatic heterocycles. The average Bonchev–Trinajstić information content (AvgIpc) is 2.14. The Bertz CT molecular complexity index is 405. The number of rotatable bonds is 2. The minimum Gasteiger partial charge on any atom is -0.465 e. The Balaban J connectivity index is 3.13. The summed E-state index contributed by atoms with van der Waals surface area (Å²) in [6.07, 6.45) is -5.07. The van der Waals surface area contributed by atoms with E-state index in [-0.39, 0.29) is 0 Å². The summed E-state index contributed by atoms with van der Waals surface area (Å²) in [5, 5.41) is 0. The molecule has 0 bridgehead atoms. The summed E-state index contributed by atoms with van der Waals surface area (Å²) in [5.41, 5.74) is -0.610. The van der Waals surface area contributed by atoms with Gasteiger partial charge in [0.15, 0.2) is 0 Å². The minimum atomic E-state index is -5.07. The van der Waals surface area contributed by atoms with Gasteiger partial charge in [-0.1, -0.05) is 0 Å². The molecule has 0 unspecified atom stereocenters. The Morgan fingerprint density at radius 2 is 2.00 bits per heavy atom. The first-order valence-electron chi connectivity index (χ1n) is 3.84. The smallest absolute Gasteiger partial charge is 0.465 e. The lowest BCUT2D eigenvalue weighted by atomic mass is 10.3. The fourth-order valence-corrected chi connectivity index (χ4v) is 0.871. The van der Waals surface area contributed by atoms with Gasteiger partial charge in [0.05, 0.1) is 7.11 Å². The molecule has 4 nitrogen and oxygen atoms in total. The predicted octanol–water partition coefficient (Wildman–Crippen LogP) is 1.91. The molecule has 0 aromatic carbocycles. The van der Waals surface area contributed by atoms with Crippen molar-refractivity contribution in [1.29, 1.82) is 0 Å². The summed E-state index contributed by atoms with van der Waals surface area (Å²) in [7, 11) is 0.961. The summed E-state index contributed by atoms with van der Waals surface area (Å²) < 4.78 is 55.8. The van der Waals surface area contributed by atoms with Crippen LogP contribution in [0.3, 0.4) is 0 Å². The molecule has 0 aliphatic carbocycles. The summed E-state index contributed by atoms with van der Waals surface area (Å²) in [6.45, 7) is 0. The molecular formula is C8H5F4NO3. The van der Waals surface area contributed by atoms with Gasteiger partial charge in [-0.25, -0.2) is 4.79 Å². The van der Waals surface area contributed by atoms with Crippen molar-refractivity contribution in [2.45, 2.75) is 6.36 Å². The quantitative estimate of drug-likeness (QED) is 0.449. The molecule has 8 heteroatoms. The number of carbonyl (C=O) groups excluding carboxylic acids is 1. The van der Waals surface area contributed by atoms with Crippen LogP contribution in [0.5, 0.6) is 5.88 Å². The lowest BCUT2D eigenvalue weighted by molar-refractivity contribution is -0.276. The monoisotopic (exact) mass is 239 g/mol. The first kappa shape index (κ1) is 12.2. The normalized spacial score (nSPS) is 11.1. The molecule has 1 rings (SSSR count). The van der Waals surface area contributed by atoms with Crippen LogP contribution in [-0.4, -0.2) is 24.4 Å². The highest BCUT2D eigenvalue weighted by molar-refractivity contribution is 5.91. The predicted molar refractivity (Wildman–Crippen MR) is 42.2 cm³/mol. The third kappa shape index (κ3) is 3.07. The number of methoxy groups -OCH3 is 1. The number of aromatic nitrogens is 1. The maximum atomic E-state index is 12.6. The van der Waals surface area contributed by atoms with E-state index in [1.807, 2.05) is 0 Å². The molecule has 0 saturated heterocycles. The van der Waals surface area contributed by atoms with E-state index in [9.17, 15) is 22.4 Å². The van der Waals surface area contributed by atoms with Crippen molar-refractivity contribution in [1.82, 2.24) is 4.98 Å². The van der Waals surface area contributed by atoms with Gasteiger partial charge in [-0.05, 0) is 12.1 Å². The van der Waals surface area contributed by atoms with Crippen molar-refractivity contribution in [2.24, 2.45) is 0 Å². The van der Waals surface area contributed by atoms with Gasteiger partial charge in [0.1, 0.15) is 5.56 Å². The lowest BCUT2D eigenvalue weighted by Gasteiger charge is -2.10. The second-order valence-corrected chi connectivity index (χ2v) is 2.53. The lowest BCUT2D eigenvalue weighted by Crippen LogP contribution is -2.20. The SMILES string of the molecule is COC(=O)c1ccc(F)nc1OC(F)(F)F. The Labute approximate surface area is 86.8 Å². The van der Waals surface area contributed by atoms with Crippen molar-refractivity contribution >= 4 is 5.97 Å². The van der Waals surface area contributed by atoms with Crippen LogP contribution in [0.4, 0.5) is 17.6 Å². The highest BCUT2D eigenvalue weighted by Crippen LogP contribution is 2.24. The maximum Gasteiger partial charge on any atom is 0.574 e. The molecule has 1 aromatic heterocycles. The van der Waals surface area contributed by atoms with Gasteiger partial charge in [-0.15, -0.1) is 13.2 Å². The van der Waals surface area contributed by atoms with Crippen LogP contribution in [0.1, 0.15) is 10.4 Å². The zero-order valence-corrected chi connectivity index (χ0v) is 7.84. The summed E-state index contributed by atoms with van der Waals surface area (Å²) in [4.78, 5) is 13.8. The van der Waals surface area contributed by atoms with E-state index < -0.39 is 29.7 Å². The molecule has 0 radical (unpaired) electrons. The maximum absolute atomic E-state index is 12.6. The Morgan fingerprint density at radius 3 is 2.50 bits per heavy atom. The van der Waals surface area contributed by atoms with Crippen molar-refractivity contribution in [2.75, 3.05) is 7.11 Å². The molecule has 0 N–H and O–H groups in total. The van der Waals surface area contributed by atoms with E-state index in [1.165, 1.54) is 0 Å². The third-order valence-electron chi connectivity index (χ3n) is 1.44. The highest BCUT2D eigenvalue weighted by Gasteiger charge is 2.34. The largest absolute Gasteiger partial charge is 0.574 e. The van der Waals surface area contributed by atoms with Gasteiger partial charge in [0, 0.05) is 0 Å². The molecular weight excluding hydrogens is 234 g/mol. The first-order chi connectivity index (χ1) is 7.33. The minimum absolute atomic E-state index is 0.610. The van der Waals surface area contributed by atoms with Crippen LogP contribution in [0.2, 0.25) is 0 Å². The van der Waals surface area contributed by atoms with Crippen LogP contribution in [-0.2, 0) is 4.74 Å². The first-order valence-corrected chi connectivity index (χ1v) is 3.84. The summed E-state index contributed by atoms with van der Waals surface area (Å²) in [6, 6.07) is 1.50. The number of nitrogens with zero attached hydrogens (tertiary/aromatic N) is 1. The Hall–Kier alpha value is -1.86. The zero-order valence-electron chi connectivity index (χ0n) is 7.84. The van der Waals surface area contributed by atoms with E-state index in [0.717, 1.165) is 19.2 Å². The molecule has 0 spiro atoms. The molecule has 1 heterocycles. The fraction of sp³-hybridized carbons (Fsp3) is 0.250. The van der Waals surface area contributed by atoms with Gasteiger partial charge >= 0.3 is 12.3 Å². The number of esters is 1. The molecule has 0 saturated carbocycles. The number of alkyl halides is 3. The van der Waals surface area contributed by atoms with Crippen molar-refractivity contribution in [3.8, 4) is 5.88 Å². The van der Waals surface area contributed by atoms with Crippen molar-refractivity contribution in [3.05, 3.63) is 23.6 Å². The Kier molecular flexibility index (Phi) is 3.31. The van der Waals surface area contributed by atoms with Crippen LogP contribution >= 0.6 is 0 Å². The molecule has 0 atom stereocenters. The number of carbonyl (C=O) groups is 1. The topological polar surface area (TPSA) is 48.4 Å². The van der Waals surface area contributed by atoms with E-state index in [1.54, 1.807) is 0 Å². The van der Waals surface area contributed by atoms with Gasteiger partial charge < -0.3 is 9.47 Å². The number of hydrogen-bond acceptors (Lipinski definition) is 4. The number of pyridine rings is 1. The number of halogens is 4. The molecule has 0 fully saturated rings. The second kappa shape index (κ2) is 4.33. The van der Waals surface area contributed by atoms with E-state index in [4.69, 9.17) is 0 Å². The molecule has 0 amide bonds. The third-order valence-corrected chi connectivity index (χ3v) is 1.44. The molecule has 88 valence electrons. The van der Waals surface area contributed by atoms with Crippen LogP contribution in [0, 0.1) is 5.95 Å².